The van der Waals surface area contributed by atoms with Crippen molar-refractivity contribution in [3.8, 4) is 0 Å². The van der Waals surface area contributed by atoms with Crippen LogP contribution in [0.1, 0.15) is 23.5 Å². The van der Waals surface area contributed by atoms with Crippen LogP contribution in [0.15, 0.2) is 16.9 Å². The van der Waals surface area contributed by atoms with Gasteiger partial charge in [0, 0.05) is 5.92 Å². The molecule has 5 heteroatoms. The molecule has 0 aliphatic carbocycles. The number of oxazole rings is 1. The van der Waals surface area contributed by atoms with E-state index in [1.165, 1.54) is 12.5 Å². The Morgan fingerprint density at radius 3 is 2.79 bits per heavy atom. The van der Waals surface area contributed by atoms with Gasteiger partial charge >= 0.3 is 0 Å². The van der Waals surface area contributed by atoms with Crippen molar-refractivity contribution in [3.05, 3.63) is 18.4 Å². The molecule has 1 aromatic heterocycles. The first-order chi connectivity index (χ1) is 6.38. The first-order valence-electron chi connectivity index (χ1n) is 4.52. The second-order valence-electron chi connectivity index (χ2n) is 3.23. The molecule has 0 spiro atoms. The van der Waals surface area contributed by atoms with Crippen molar-refractivity contribution in [2.45, 2.75) is 12.8 Å². The van der Waals surface area contributed by atoms with E-state index in [1.54, 1.807) is 0 Å². The number of ketones is 1. The second-order valence-corrected chi connectivity index (χ2v) is 3.23. The van der Waals surface area contributed by atoms with Gasteiger partial charge in [0.2, 0.25) is 5.78 Å². The van der Waals surface area contributed by atoms with E-state index in [1.807, 2.05) is 0 Å². The third kappa shape index (κ3) is 2.33. The Morgan fingerprint density at radius 1 is 1.50 bits per heavy atom. The van der Waals surface area contributed by atoms with Gasteiger partial charge < -0.3 is 9.73 Å². The first-order valence-corrected chi connectivity index (χ1v) is 4.52. The lowest BCUT2D eigenvalue weighted by Crippen LogP contribution is -2.31. The van der Waals surface area contributed by atoms with Gasteiger partial charge in [-0.2, -0.15) is 0 Å². The van der Waals surface area contributed by atoms with Gasteiger partial charge in [-0.15, -0.1) is 12.4 Å². The molecular weight excluding hydrogens is 204 g/mol. The Kier molecular flexibility index (Phi) is 4.10. The summed E-state index contributed by atoms with van der Waals surface area (Å²) in [7, 11) is 0. The van der Waals surface area contributed by atoms with Crippen molar-refractivity contribution in [1.82, 2.24) is 10.3 Å². The third-order valence-electron chi connectivity index (χ3n) is 2.35. The molecule has 4 nitrogen and oxygen atoms in total. The monoisotopic (exact) mass is 216 g/mol. The summed E-state index contributed by atoms with van der Waals surface area (Å²) in [5.41, 5.74) is 0. The summed E-state index contributed by atoms with van der Waals surface area (Å²) in [5.74, 6) is 0.401. The number of Topliss-reactive ketones (excluding diaryl/α,β-unsaturated/α-hetero) is 1. The lowest BCUT2D eigenvalue weighted by Gasteiger charge is -2.19. The molecular formula is C9H13ClN2O2. The van der Waals surface area contributed by atoms with E-state index >= 15 is 0 Å². The van der Waals surface area contributed by atoms with E-state index in [2.05, 4.69) is 10.3 Å². The predicted octanol–water partition coefficient (Wildman–Crippen LogP) is 1.28. The van der Waals surface area contributed by atoms with Crippen molar-refractivity contribution >= 4 is 18.2 Å². The van der Waals surface area contributed by atoms with Gasteiger partial charge in [0.15, 0.2) is 0 Å². The number of piperidine rings is 1. The fraction of sp³-hybridized carbons (Fsp3) is 0.556. The average molecular weight is 217 g/mol. The van der Waals surface area contributed by atoms with E-state index < -0.39 is 0 Å². The van der Waals surface area contributed by atoms with E-state index in [-0.39, 0.29) is 30.0 Å². The highest BCUT2D eigenvalue weighted by Crippen LogP contribution is 2.16. The first kappa shape index (κ1) is 11.2. The Morgan fingerprint density at radius 2 is 2.21 bits per heavy atom. The highest BCUT2D eigenvalue weighted by atomic mass is 35.5. The van der Waals surface area contributed by atoms with Gasteiger partial charge in [-0.25, -0.2) is 4.98 Å². The summed E-state index contributed by atoms with van der Waals surface area (Å²) in [5, 5.41) is 3.21. The van der Waals surface area contributed by atoms with E-state index in [9.17, 15) is 4.79 Å². The molecule has 0 atom stereocenters. The fourth-order valence-electron chi connectivity index (χ4n) is 1.60. The van der Waals surface area contributed by atoms with Gasteiger partial charge in [0.25, 0.3) is 5.89 Å². The maximum atomic E-state index is 11.7. The number of nitrogens with one attached hydrogen (secondary N) is 1. The number of rotatable bonds is 2. The van der Waals surface area contributed by atoms with Crippen LogP contribution in [0.2, 0.25) is 0 Å². The van der Waals surface area contributed by atoms with E-state index in [0.717, 1.165) is 25.9 Å². The lowest BCUT2D eigenvalue weighted by molar-refractivity contribution is 0.0859. The van der Waals surface area contributed by atoms with Gasteiger partial charge in [-0.05, 0) is 25.9 Å². The number of hydrogen-bond donors (Lipinski definition) is 1. The summed E-state index contributed by atoms with van der Waals surface area (Å²) in [6.07, 6.45) is 4.73. The highest BCUT2D eigenvalue weighted by molar-refractivity contribution is 5.93. The summed E-state index contributed by atoms with van der Waals surface area (Å²) in [6.45, 7) is 1.83. The minimum atomic E-state index is 0. The molecule has 0 aromatic carbocycles. The molecule has 1 aromatic rings. The summed E-state index contributed by atoms with van der Waals surface area (Å²) < 4.78 is 4.97. The van der Waals surface area contributed by atoms with Crippen LogP contribution < -0.4 is 5.32 Å². The smallest absolute Gasteiger partial charge is 0.263 e. The molecule has 0 amide bonds. The normalized spacial score (nSPS) is 17.4. The summed E-state index contributed by atoms with van der Waals surface area (Å²) in [6, 6.07) is 0. The standard InChI is InChI=1S/C9H12N2O2.ClH/c12-8(9-11-5-6-13-9)7-1-3-10-4-2-7;/h5-7,10H,1-4H2;1H. The van der Waals surface area contributed by atoms with Crippen molar-refractivity contribution < 1.29 is 9.21 Å². The number of halogens is 1. The quantitative estimate of drug-likeness (QED) is 0.757. The summed E-state index contributed by atoms with van der Waals surface area (Å²) in [4.78, 5) is 15.5. The van der Waals surface area contributed by atoms with Crippen LogP contribution in [-0.4, -0.2) is 23.9 Å². The van der Waals surface area contributed by atoms with Gasteiger partial charge in [-0.3, -0.25) is 4.79 Å². The van der Waals surface area contributed by atoms with Gasteiger partial charge in [0.05, 0.1) is 6.20 Å². The Bertz CT molecular complexity index is 281. The van der Waals surface area contributed by atoms with Crippen LogP contribution in [0.25, 0.3) is 0 Å². The Labute approximate surface area is 88.5 Å². The molecule has 0 radical (unpaired) electrons. The molecule has 2 rings (SSSR count). The fourth-order valence-corrected chi connectivity index (χ4v) is 1.60. The molecule has 0 bridgehead atoms. The molecule has 0 unspecified atom stereocenters. The Balaban J connectivity index is 0.000000980. The number of carbonyl (C=O) groups is 1. The second kappa shape index (κ2) is 5.12. The third-order valence-corrected chi connectivity index (χ3v) is 2.35. The number of carbonyl (C=O) groups excluding carboxylic acids is 1. The molecule has 0 saturated carbocycles. The maximum absolute atomic E-state index is 11.7. The number of nitrogens with zero attached hydrogens (tertiary/aromatic N) is 1. The number of aromatic nitrogens is 1. The predicted molar refractivity (Wildman–Crippen MR) is 53.7 cm³/mol. The molecule has 78 valence electrons. The van der Waals surface area contributed by atoms with Gasteiger partial charge in [-0.1, -0.05) is 0 Å². The largest absolute Gasteiger partial charge is 0.442 e. The zero-order chi connectivity index (χ0) is 9.10. The van der Waals surface area contributed by atoms with Crippen LogP contribution in [0.3, 0.4) is 0 Å². The van der Waals surface area contributed by atoms with Gasteiger partial charge in [0.1, 0.15) is 6.26 Å². The summed E-state index contributed by atoms with van der Waals surface area (Å²) >= 11 is 0. The SMILES string of the molecule is Cl.O=C(c1ncco1)C1CCNCC1. The van der Waals surface area contributed by atoms with Crippen molar-refractivity contribution in [2.24, 2.45) is 5.92 Å². The zero-order valence-electron chi connectivity index (χ0n) is 7.73. The van der Waals surface area contributed by atoms with Crippen molar-refractivity contribution in [2.75, 3.05) is 13.1 Å². The topological polar surface area (TPSA) is 55.1 Å². The molecule has 1 fully saturated rings. The highest BCUT2D eigenvalue weighted by Gasteiger charge is 2.24. The van der Waals surface area contributed by atoms with Crippen LogP contribution in [0, 0.1) is 5.92 Å². The molecule has 1 aliphatic heterocycles. The molecule has 2 heterocycles. The van der Waals surface area contributed by atoms with Crippen molar-refractivity contribution in [1.29, 1.82) is 0 Å². The molecule has 1 saturated heterocycles. The van der Waals surface area contributed by atoms with Crippen LogP contribution in [0.5, 0.6) is 0 Å². The minimum Gasteiger partial charge on any atom is -0.442 e. The molecule has 1 N–H and O–H groups in total. The lowest BCUT2D eigenvalue weighted by atomic mass is 9.93. The van der Waals surface area contributed by atoms with E-state index in [4.69, 9.17) is 4.42 Å². The van der Waals surface area contributed by atoms with Crippen LogP contribution in [0.4, 0.5) is 0 Å². The average Bonchev–Trinajstić information content (AvgIpc) is 2.71. The Hall–Kier alpha value is -0.870. The van der Waals surface area contributed by atoms with Crippen molar-refractivity contribution in [3.63, 3.8) is 0 Å². The minimum absolute atomic E-state index is 0. The van der Waals surface area contributed by atoms with E-state index in [0.29, 0.717) is 0 Å². The van der Waals surface area contributed by atoms with Crippen LogP contribution in [-0.2, 0) is 0 Å². The number of hydrogen-bond acceptors (Lipinski definition) is 4. The van der Waals surface area contributed by atoms with Crippen LogP contribution >= 0.6 is 12.4 Å². The zero-order valence-corrected chi connectivity index (χ0v) is 8.55. The maximum Gasteiger partial charge on any atom is 0.263 e. The molecule has 1 aliphatic rings. The molecule has 14 heavy (non-hydrogen) atoms.